The van der Waals surface area contributed by atoms with Gasteiger partial charge in [0.05, 0.1) is 13.2 Å². The molecule has 0 aliphatic carbocycles. The van der Waals surface area contributed by atoms with Crippen molar-refractivity contribution in [2.24, 2.45) is 0 Å². The monoisotopic (exact) mass is 195 g/mol. The van der Waals surface area contributed by atoms with Crippen molar-refractivity contribution >= 4 is 11.9 Å². The standard InChI is InChI=1S/C4H11NO2.C2H2O4/c6-3-1-5-2-4-7;3-1(4)2(5)6/h5-7H,1-4H2;(H,3,4)(H,5,6). The lowest BCUT2D eigenvalue weighted by Gasteiger charge is -1.94. The van der Waals surface area contributed by atoms with E-state index in [4.69, 9.17) is 30.0 Å². The fourth-order valence-corrected chi connectivity index (χ4v) is 0.283. The summed E-state index contributed by atoms with van der Waals surface area (Å²) in [6.07, 6.45) is 0. The molecule has 0 saturated carbocycles. The molecule has 0 unspecified atom stereocenters. The van der Waals surface area contributed by atoms with Crippen LogP contribution in [0.3, 0.4) is 0 Å². The molecule has 0 aromatic heterocycles. The Morgan fingerprint density at radius 1 is 0.923 bits per heavy atom. The molecular formula is C6H13NO6. The Morgan fingerprint density at radius 3 is 1.38 bits per heavy atom. The normalized spacial score (nSPS) is 8.46. The van der Waals surface area contributed by atoms with Gasteiger partial charge in [-0.2, -0.15) is 0 Å². The molecule has 0 heterocycles. The lowest BCUT2D eigenvalue weighted by Crippen LogP contribution is -2.21. The van der Waals surface area contributed by atoms with Crippen LogP contribution in [0.2, 0.25) is 0 Å². The molecule has 78 valence electrons. The highest BCUT2D eigenvalue weighted by Gasteiger charge is 2.04. The van der Waals surface area contributed by atoms with Gasteiger partial charge in [-0.25, -0.2) is 9.59 Å². The molecule has 0 rings (SSSR count). The van der Waals surface area contributed by atoms with Gasteiger partial charge < -0.3 is 25.7 Å². The van der Waals surface area contributed by atoms with Crippen LogP contribution in [-0.2, 0) is 9.59 Å². The van der Waals surface area contributed by atoms with Gasteiger partial charge >= 0.3 is 11.9 Å². The molecule has 0 spiro atoms. The summed E-state index contributed by atoms with van der Waals surface area (Å²) in [5.41, 5.74) is 0. The van der Waals surface area contributed by atoms with Crippen molar-refractivity contribution in [2.75, 3.05) is 26.3 Å². The number of aliphatic carboxylic acids is 2. The first-order valence-electron chi connectivity index (χ1n) is 3.45. The Hall–Kier alpha value is -1.18. The second kappa shape index (κ2) is 10.8. The lowest BCUT2D eigenvalue weighted by atomic mass is 10.6. The summed E-state index contributed by atoms with van der Waals surface area (Å²) < 4.78 is 0. The predicted molar refractivity (Wildman–Crippen MR) is 42.3 cm³/mol. The zero-order chi connectivity index (χ0) is 10.7. The molecule has 0 bridgehead atoms. The minimum atomic E-state index is -1.82. The molecule has 0 fully saturated rings. The summed E-state index contributed by atoms with van der Waals surface area (Å²) in [7, 11) is 0. The third-order valence-electron chi connectivity index (χ3n) is 0.760. The van der Waals surface area contributed by atoms with Gasteiger partial charge in [-0.1, -0.05) is 0 Å². The van der Waals surface area contributed by atoms with Crippen molar-refractivity contribution in [3.8, 4) is 0 Å². The predicted octanol–water partition coefficient (Wildman–Crippen LogP) is -2.28. The number of hydrogen-bond acceptors (Lipinski definition) is 5. The van der Waals surface area contributed by atoms with Crippen molar-refractivity contribution in [3.63, 3.8) is 0 Å². The average Bonchev–Trinajstić information content (AvgIpc) is 2.06. The summed E-state index contributed by atoms with van der Waals surface area (Å²) in [4.78, 5) is 18.2. The molecule has 0 atom stereocenters. The molecule has 0 aromatic carbocycles. The van der Waals surface area contributed by atoms with E-state index in [-0.39, 0.29) is 13.2 Å². The highest BCUT2D eigenvalue weighted by molar-refractivity contribution is 6.27. The van der Waals surface area contributed by atoms with E-state index < -0.39 is 11.9 Å². The van der Waals surface area contributed by atoms with Crippen molar-refractivity contribution in [2.45, 2.75) is 0 Å². The van der Waals surface area contributed by atoms with Crippen LogP contribution in [0.4, 0.5) is 0 Å². The number of aliphatic hydroxyl groups is 2. The lowest BCUT2D eigenvalue weighted by molar-refractivity contribution is -0.159. The molecule has 5 N–H and O–H groups in total. The summed E-state index contributed by atoms with van der Waals surface area (Å²) in [6.45, 7) is 1.42. The molecule has 7 heteroatoms. The second-order valence-corrected chi connectivity index (χ2v) is 1.81. The number of hydrogen-bond donors (Lipinski definition) is 5. The Labute approximate surface area is 74.6 Å². The highest BCUT2D eigenvalue weighted by atomic mass is 16.4. The number of aliphatic hydroxyl groups excluding tert-OH is 2. The van der Waals surface area contributed by atoms with E-state index in [1.54, 1.807) is 0 Å². The summed E-state index contributed by atoms with van der Waals surface area (Å²) >= 11 is 0. The van der Waals surface area contributed by atoms with Gasteiger partial charge in [-0.15, -0.1) is 0 Å². The van der Waals surface area contributed by atoms with Crippen LogP contribution in [0.15, 0.2) is 0 Å². The molecular weight excluding hydrogens is 182 g/mol. The van der Waals surface area contributed by atoms with E-state index >= 15 is 0 Å². The first-order valence-corrected chi connectivity index (χ1v) is 3.45. The summed E-state index contributed by atoms with van der Waals surface area (Å²) in [6, 6.07) is 0. The maximum atomic E-state index is 9.10. The van der Waals surface area contributed by atoms with Crippen LogP contribution in [0.1, 0.15) is 0 Å². The molecule has 0 radical (unpaired) electrons. The van der Waals surface area contributed by atoms with E-state index in [1.165, 1.54) is 0 Å². The SMILES string of the molecule is O=C(O)C(=O)O.OCCNCCO. The molecule has 0 aromatic rings. The first kappa shape index (κ1) is 14.3. The highest BCUT2D eigenvalue weighted by Crippen LogP contribution is 1.56. The minimum Gasteiger partial charge on any atom is -0.473 e. The van der Waals surface area contributed by atoms with Crippen LogP contribution in [0.25, 0.3) is 0 Å². The van der Waals surface area contributed by atoms with Crippen molar-refractivity contribution in [3.05, 3.63) is 0 Å². The topological polar surface area (TPSA) is 127 Å². The van der Waals surface area contributed by atoms with Gasteiger partial charge in [0.15, 0.2) is 0 Å². The van der Waals surface area contributed by atoms with Gasteiger partial charge in [0.25, 0.3) is 0 Å². The zero-order valence-corrected chi connectivity index (χ0v) is 6.93. The van der Waals surface area contributed by atoms with Gasteiger partial charge in [-0.3, -0.25) is 0 Å². The Bertz CT molecular complexity index is 132. The molecule has 0 amide bonds. The van der Waals surface area contributed by atoms with Gasteiger partial charge in [-0.05, 0) is 0 Å². The third kappa shape index (κ3) is 18.1. The van der Waals surface area contributed by atoms with Crippen LogP contribution >= 0.6 is 0 Å². The maximum Gasteiger partial charge on any atom is 0.414 e. The summed E-state index contributed by atoms with van der Waals surface area (Å²) in [5, 5.41) is 33.9. The van der Waals surface area contributed by atoms with Crippen molar-refractivity contribution < 1.29 is 30.0 Å². The average molecular weight is 195 g/mol. The minimum absolute atomic E-state index is 0.139. The van der Waals surface area contributed by atoms with E-state index in [9.17, 15) is 0 Å². The third-order valence-corrected chi connectivity index (χ3v) is 0.760. The number of carbonyl (C=O) groups is 2. The summed E-state index contributed by atoms with van der Waals surface area (Å²) in [5.74, 6) is -3.65. The molecule has 13 heavy (non-hydrogen) atoms. The van der Waals surface area contributed by atoms with Crippen molar-refractivity contribution in [1.82, 2.24) is 5.32 Å². The van der Waals surface area contributed by atoms with Crippen LogP contribution < -0.4 is 5.32 Å². The number of rotatable bonds is 4. The van der Waals surface area contributed by atoms with Crippen LogP contribution in [0, 0.1) is 0 Å². The Balaban J connectivity index is 0. The fraction of sp³-hybridized carbons (Fsp3) is 0.667. The Morgan fingerprint density at radius 2 is 1.23 bits per heavy atom. The quantitative estimate of drug-likeness (QED) is 0.252. The second-order valence-electron chi connectivity index (χ2n) is 1.81. The van der Waals surface area contributed by atoms with Gasteiger partial charge in [0.2, 0.25) is 0 Å². The first-order chi connectivity index (χ1) is 6.06. The van der Waals surface area contributed by atoms with Crippen LogP contribution in [-0.4, -0.2) is 58.7 Å². The number of carboxylic acid groups (broad SMARTS) is 2. The maximum absolute atomic E-state index is 9.10. The van der Waals surface area contributed by atoms with E-state index in [0.29, 0.717) is 13.1 Å². The van der Waals surface area contributed by atoms with E-state index in [1.807, 2.05) is 0 Å². The number of carboxylic acids is 2. The zero-order valence-electron chi connectivity index (χ0n) is 6.93. The Kier molecular flexibility index (Phi) is 11.9. The molecule has 0 saturated heterocycles. The largest absolute Gasteiger partial charge is 0.473 e. The van der Waals surface area contributed by atoms with Crippen molar-refractivity contribution in [1.29, 1.82) is 0 Å². The van der Waals surface area contributed by atoms with Gasteiger partial charge in [0, 0.05) is 13.1 Å². The smallest absolute Gasteiger partial charge is 0.414 e. The number of nitrogens with one attached hydrogen (secondary N) is 1. The fourth-order valence-electron chi connectivity index (χ4n) is 0.283. The van der Waals surface area contributed by atoms with Gasteiger partial charge in [0.1, 0.15) is 0 Å². The molecule has 0 aliphatic heterocycles. The molecule has 0 aliphatic rings. The molecule has 7 nitrogen and oxygen atoms in total. The van der Waals surface area contributed by atoms with Crippen LogP contribution in [0.5, 0.6) is 0 Å². The van der Waals surface area contributed by atoms with E-state index in [0.717, 1.165) is 0 Å². The van der Waals surface area contributed by atoms with E-state index in [2.05, 4.69) is 5.32 Å².